The summed E-state index contributed by atoms with van der Waals surface area (Å²) in [7, 11) is 0. The molecule has 0 saturated heterocycles. The number of nitrogens with two attached hydrogens (primary N) is 1. The van der Waals surface area contributed by atoms with Crippen molar-refractivity contribution in [2.24, 2.45) is 10.8 Å². The molecule has 102 valence electrons. The second-order valence-corrected chi connectivity index (χ2v) is 3.46. The maximum atomic E-state index is 11.0. The summed E-state index contributed by atoms with van der Waals surface area (Å²) in [5.41, 5.74) is 13.3. The summed E-state index contributed by atoms with van der Waals surface area (Å²) in [6.07, 6.45) is 0.993. The maximum absolute atomic E-state index is 11.0. The number of nitrogens with one attached hydrogen (secondary N) is 1. The number of carbonyl (C=O) groups is 2. The van der Waals surface area contributed by atoms with Gasteiger partial charge < -0.3 is 20.9 Å². The van der Waals surface area contributed by atoms with E-state index in [4.69, 9.17) is 16.4 Å². The Morgan fingerprint density at radius 3 is 2.83 bits per heavy atom. The molecular formula is C9H17N5O4. The maximum Gasteiger partial charge on any atom is 0.407 e. The Bertz CT molecular complexity index is 316. The highest BCUT2D eigenvalue weighted by Gasteiger charge is 2.10. The molecule has 4 N–H and O–H groups in total. The molecule has 0 aromatic heterocycles. The van der Waals surface area contributed by atoms with Gasteiger partial charge in [0.2, 0.25) is 0 Å². The number of amides is 1. The van der Waals surface area contributed by atoms with Gasteiger partial charge in [-0.1, -0.05) is 5.11 Å². The molecule has 0 spiro atoms. The van der Waals surface area contributed by atoms with E-state index < -0.39 is 18.1 Å². The average molecular weight is 259 g/mol. The fourth-order valence-electron chi connectivity index (χ4n) is 1.08. The molecule has 0 fully saturated rings. The molecule has 1 amide bonds. The fraction of sp³-hybridized carbons (Fsp3) is 0.778. The van der Waals surface area contributed by atoms with Crippen molar-refractivity contribution in [2.45, 2.75) is 25.3 Å². The monoisotopic (exact) mass is 259 g/mol. The molecule has 9 heteroatoms. The van der Waals surface area contributed by atoms with Gasteiger partial charge in [-0.05, 0) is 24.8 Å². The van der Waals surface area contributed by atoms with Crippen LogP contribution in [0.5, 0.6) is 0 Å². The summed E-state index contributed by atoms with van der Waals surface area (Å²) < 4.78 is 4.68. The first-order chi connectivity index (χ1) is 8.57. The number of hydrogen-bond acceptors (Lipinski definition) is 5. The minimum Gasteiger partial charge on any atom is -0.480 e. The average Bonchev–Trinajstić information content (AvgIpc) is 2.33. The van der Waals surface area contributed by atoms with Crippen LogP contribution in [0.2, 0.25) is 0 Å². The molecule has 0 aliphatic rings. The lowest BCUT2D eigenvalue weighted by atomic mass is 10.1. The lowest BCUT2D eigenvalue weighted by Crippen LogP contribution is -2.30. The SMILES string of the molecule is [N-]=[N+]=NCCOC(=O)NCCCC[C@H](N)C(=O)O. The zero-order chi connectivity index (χ0) is 13.8. The van der Waals surface area contributed by atoms with Crippen molar-refractivity contribution < 1.29 is 19.4 Å². The Kier molecular flexibility index (Phi) is 9.06. The van der Waals surface area contributed by atoms with Crippen LogP contribution in [0, 0.1) is 0 Å². The largest absolute Gasteiger partial charge is 0.480 e. The highest BCUT2D eigenvalue weighted by molar-refractivity contribution is 5.72. The third-order valence-corrected chi connectivity index (χ3v) is 2.02. The summed E-state index contributed by atoms with van der Waals surface area (Å²) in [5, 5.41) is 14.2. The van der Waals surface area contributed by atoms with Crippen LogP contribution in [0.25, 0.3) is 10.4 Å². The third kappa shape index (κ3) is 9.25. The molecule has 0 aliphatic heterocycles. The van der Waals surface area contributed by atoms with Crippen LogP contribution in [-0.2, 0) is 9.53 Å². The molecule has 0 rings (SSSR count). The number of hydrogen-bond donors (Lipinski definition) is 3. The number of aliphatic carboxylic acids is 1. The molecule has 1 atom stereocenters. The molecule has 9 nitrogen and oxygen atoms in total. The number of carbonyl (C=O) groups excluding carboxylic acids is 1. The summed E-state index contributed by atoms with van der Waals surface area (Å²) in [6, 6.07) is -0.860. The van der Waals surface area contributed by atoms with Crippen molar-refractivity contribution in [1.29, 1.82) is 0 Å². The number of azide groups is 1. The van der Waals surface area contributed by atoms with E-state index in [2.05, 4.69) is 20.1 Å². The standard InChI is InChI=1S/C9H17N5O4/c10-7(8(15)16)3-1-2-4-12-9(17)18-6-5-13-14-11/h7H,1-6,10H2,(H,12,17)(H,15,16)/t7-/m0/s1. The molecule has 0 aliphatic carbocycles. The second-order valence-electron chi connectivity index (χ2n) is 3.46. The first-order valence-corrected chi connectivity index (χ1v) is 5.47. The molecule has 0 aromatic rings. The molecular weight excluding hydrogens is 242 g/mol. The van der Waals surface area contributed by atoms with E-state index in [1.807, 2.05) is 0 Å². The van der Waals surface area contributed by atoms with E-state index in [0.717, 1.165) is 0 Å². The Morgan fingerprint density at radius 1 is 1.50 bits per heavy atom. The number of unbranched alkanes of at least 4 members (excludes halogenated alkanes) is 1. The summed E-state index contributed by atoms with van der Waals surface area (Å²) in [5.74, 6) is -1.03. The van der Waals surface area contributed by atoms with E-state index >= 15 is 0 Å². The summed E-state index contributed by atoms with van der Waals surface area (Å²) in [6.45, 7) is 0.504. The number of carboxylic acids is 1. The molecule has 0 bridgehead atoms. The van der Waals surface area contributed by atoms with Gasteiger partial charge in [-0.2, -0.15) is 0 Å². The minimum atomic E-state index is -1.03. The molecule has 0 saturated carbocycles. The topological polar surface area (TPSA) is 150 Å². The minimum absolute atomic E-state index is 0.0276. The number of nitrogens with zero attached hydrogens (tertiary/aromatic N) is 3. The second kappa shape index (κ2) is 10.2. The van der Waals surface area contributed by atoms with Gasteiger partial charge in [0.1, 0.15) is 6.04 Å². The van der Waals surface area contributed by atoms with E-state index in [9.17, 15) is 9.59 Å². The summed E-state index contributed by atoms with van der Waals surface area (Å²) in [4.78, 5) is 23.9. The van der Waals surface area contributed by atoms with Crippen LogP contribution >= 0.6 is 0 Å². The van der Waals surface area contributed by atoms with Crippen LogP contribution in [0.3, 0.4) is 0 Å². The van der Waals surface area contributed by atoms with E-state index in [-0.39, 0.29) is 13.2 Å². The molecule has 0 radical (unpaired) electrons. The Morgan fingerprint density at radius 2 is 2.22 bits per heavy atom. The Labute approximate surface area is 104 Å². The van der Waals surface area contributed by atoms with Gasteiger partial charge in [-0.15, -0.1) is 0 Å². The van der Waals surface area contributed by atoms with Gasteiger partial charge in [0, 0.05) is 11.5 Å². The van der Waals surface area contributed by atoms with Crippen molar-refractivity contribution in [3.05, 3.63) is 10.4 Å². The highest BCUT2D eigenvalue weighted by atomic mass is 16.5. The number of rotatable bonds is 9. The summed E-state index contributed by atoms with van der Waals surface area (Å²) >= 11 is 0. The van der Waals surface area contributed by atoms with E-state index in [0.29, 0.717) is 25.8 Å². The quantitative estimate of drug-likeness (QED) is 0.240. The lowest BCUT2D eigenvalue weighted by molar-refractivity contribution is -0.138. The van der Waals surface area contributed by atoms with Crippen molar-refractivity contribution in [3.8, 4) is 0 Å². The van der Waals surface area contributed by atoms with Crippen LogP contribution in [0.1, 0.15) is 19.3 Å². The van der Waals surface area contributed by atoms with Crippen LogP contribution in [-0.4, -0.2) is 42.9 Å². The van der Waals surface area contributed by atoms with Gasteiger partial charge in [-0.25, -0.2) is 4.79 Å². The zero-order valence-corrected chi connectivity index (χ0v) is 9.91. The first kappa shape index (κ1) is 16.0. The predicted molar refractivity (Wildman–Crippen MR) is 62.8 cm³/mol. The van der Waals surface area contributed by atoms with Gasteiger partial charge in [-0.3, -0.25) is 4.79 Å². The van der Waals surface area contributed by atoms with E-state index in [1.165, 1.54) is 0 Å². The van der Waals surface area contributed by atoms with Crippen LogP contribution < -0.4 is 11.1 Å². The van der Waals surface area contributed by atoms with Crippen molar-refractivity contribution in [2.75, 3.05) is 19.7 Å². The highest BCUT2D eigenvalue weighted by Crippen LogP contribution is 1.98. The normalized spacial score (nSPS) is 11.2. The first-order valence-electron chi connectivity index (χ1n) is 5.47. The Hall–Kier alpha value is -1.99. The Balaban J connectivity index is 3.40. The number of alkyl carbamates (subject to hydrolysis) is 1. The van der Waals surface area contributed by atoms with Crippen LogP contribution in [0.15, 0.2) is 5.11 Å². The fourth-order valence-corrected chi connectivity index (χ4v) is 1.08. The zero-order valence-electron chi connectivity index (χ0n) is 9.91. The van der Waals surface area contributed by atoms with Crippen molar-refractivity contribution in [1.82, 2.24) is 5.32 Å². The predicted octanol–water partition coefficient (Wildman–Crippen LogP) is 0.605. The number of carboxylic acid groups (broad SMARTS) is 1. The molecule has 18 heavy (non-hydrogen) atoms. The van der Waals surface area contributed by atoms with Gasteiger partial charge in [0.25, 0.3) is 0 Å². The lowest BCUT2D eigenvalue weighted by Gasteiger charge is -2.07. The van der Waals surface area contributed by atoms with E-state index in [1.54, 1.807) is 0 Å². The smallest absolute Gasteiger partial charge is 0.407 e. The van der Waals surface area contributed by atoms with Crippen molar-refractivity contribution in [3.63, 3.8) is 0 Å². The molecule has 0 unspecified atom stereocenters. The van der Waals surface area contributed by atoms with Gasteiger partial charge in [0.05, 0.1) is 13.2 Å². The molecule has 0 aromatic carbocycles. The number of ether oxygens (including phenoxy) is 1. The molecule has 0 heterocycles. The van der Waals surface area contributed by atoms with Crippen LogP contribution in [0.4, 0.5) is 4.79 Å². The third-order valence-electron chi connectivity index (χ3n) is 2.02. The van der Waals surface area contributed by atoms with Crippen molar-refractivity contribution >= 4 is 12.1 Å². The van der Waals surface area contributed by atoms with Gasteiger partial charge >= 0.3 is 12.1 Å². The van der Waals surface area contributed by atoms with Gasteiger partial charge in [0.15, 0.2) is 0 Å².